The number of hydrogen-bond acceptors (Lipinski definition) is 2. The summed E-state index contributed by atoms with van der Waals surface area (Å²) in [5, 5.41) is 3.57. The topological polar surface area (TPSA) is 15.3 Å². The minimum absolute atomic E-state index is 0.582. The monoisotopic (exact) mass is 226 g/mol. The average molecular weight is 226 g/mol. The summed E-state index contributed by atoms with van der Waals surface area (Å²) in [5.41, 5.74) is 0.582. The Balaban J connectivity index is 0.000000606. The highest BCUT2D eigenvalue weighted by Crippen LogP contribution is 2.42. The van der Waals surface area contributed by atoms with Gasteiger partial charge in [-0.25, -0.2) is 0 Å². The molecule has 2 aliphatic rings. The van der Waals surface area contributed by atoms with Gasteiger partial charge >= 0.3 is 0 Å². The van der Waals surface area contributed by atoms with Crippen LogP contribution in [0.3, 0.4) is 0 Å². The molecule has 0 amide bonds. The molecule has 0 radical (unpaired) electrons. The summed E-state index contributed by atoms with van der Waals surface area (Å²) < 4.78 is 0. The quantitative estimate of drug-likeness (QED) is 0.739. The summed E-state index contributed by atoms with van der Waals surface area (Å²) >= 11 is 0. The number of nitrogens with zero attached hydrogens (tertiary/aromatic N) is 1. The first-order chi connectivity index (χ1) is 7.67. The van der Waals surface area contributed by atoms with Gasteiger partial charge in [0.25, 0.3) is 0 Å². The zero-order valence-corrected chi connectivity index (χ0v) is 11.8. The fourth-order valence-electron chi connectivity index (χ4n) is 3.36. The van der Waals surface area contributed by atoms with Crippen LogP contribution in [-0.2, 0) is 0 Å². The first-order valence-electron chi connectivity index (χ1n) is 7.08. The molecule has 16 heavy (non-hydrogen) atoms. The largest absolute Gasteiger partial charge is 0.315 e. The van der Waals surface area contributed by atoms with Crippen molar-refractivity contribution in [2.45, 2.75) is 53.0 Å². The molecule has 2 fully saturated rings. The molecule has 2 aliphatic heterocycles. The van der Waals surface area contributed by atoms with E-state index in [-0.39, 0.29) is 0 Å². The Bertz CT molecular complexity index is 205. The van der Waals surface area contributed by atoms with Gasteiger partial charge in [0, 0.05) is 19.1 Å². The van der Waals surface area contributed by atoms with Gasteiger partial charge in [-0.1, -0.05) is 34.1 Å². The molecule has 0 aromatic carbocycles. The van der Waals surface area contributed by atoms with Crippen LogP contribution in [0.2, 0.25) is 0 Å². The fraction of sp³-hybridized carbons (Fsp3) is 1.00. The van der Waals surface area contributed by atoms with Crippen LogP contribution in [0.4, 0.5) is 0 Å². The van der Waals surface area contributed by atoms with Gasteiger partial charge in [0.15, 0.2) is 0 Å². The van der Waals surface area contributed by atoms with E-state index in [1.165, 1.54) is 38.9 Å². The van der Waals surface area contributed by atoms with E-state index in [9.17, 15) is 0 Å². The molecule has 3 unspecified atom stereocenters. The number of hydrogen-bond donors (Lipinski definition) is 1. The lowest BCUT2D eigenvalue weighted by Gasteiger charge is -2.37. The molecule has 0 aromatic rings. The van der Waals surface area contributed by atoms with Crippen molar-refractivity contribution in [3.63, 3.8) is 0 Å². The number of likely N-dealkylation sites (N-methyl/N-ethyl adjacent to an activating group) is 1. The molecule has 96 valence electrons. The Kier molecular flexibility index (Phi) is 5.26. The van der Waals surface area contributed by atoms with E-state index in [4.69, 9.17) is 0 Å². The van der Waals surface area contributed by atoms with Gasteiger partial charge in [-0.2, -0.15) is 0 Å². The molecule has 0 spiro atoms. The Morgan fingerprint density at radius 3 is 2.62 bits per heavy atom. The number of fused-ring (bicyclic) bond motifs is 1. The highest BCUT2D eigenvalue weighted by Gasteiger charge is 2.43. The highest BCUT2D eigenvalue weighted by atomic mass is 15.2. The second-order valence-electron chi connectivity index (χ2n) is 5.42. The van der Waals surface area contributed by atoms with Crippen LogP contribution in [0.1, 0.15) is 47.0 Å². The predicted molar refractivity (Wildman–Crippen MR) is 71.8 cm³/mol. The second-order valence-corrected chi connectivity index (χ2v) is 5.42. The Hall–Kier alpha value is -0.0800. The van der Waals surface area contributed by atoms with Crippen LogP contribution in [-0.4, -0.2) is 37.6 Å². The third-order valence-corrected chi connectivity index (χ3v) is 4.71. The molecule has 2 nitrogen and oxygen atoms in total. The standard InChI is InChI=1S/C12H24N2.C2H6/c1-4-12(2)6-5-7-14(3)11-9-13-8-10(11)12;1-2/h10-11,13H,4-9H2,1-3H3;1-2H3. The molecule has 0 aromatic heterocycles. The summed E-state index contributed by atoms with van der Waals surface area (Å²) in [4.78, 5) is 2.57. The van der Waals surface area contributed by atoms with Crippen molar-refractivity contribution in [1.82, 2.24) is 10.2 Å². The maximum Gasteiger partial charge on any atom is 0.0263 e. The van der Waals surface area contributed by atoms with Crippen LogP contribution < -0.4 is 5.32 Å². The van der Waals surface area contributed by atoms with Gasteiger partial charge in [-0.05, 0) is 37.8 Å². The van der Waals surface area contributed by atoms with E-state index in [1.807, 2.05) is 13.8 Å². The molecular weight excluding hydrogens is 196 g/mol. The molecule has 0 saturated carbocycles. The molecule has 2 saturated heterocycles. The van der Waals surface area contributed by atoms with Crippen LogP contribution in [0, 0.1) is 11.3 Å². The minimum atomic E-state index is 0.582. The highest BCUT2D eigenvalue weighted by molar-refractivity contribution is 4.98. The number of rotatable bonds is 1. The molecule has 3 atom stereocenters. The van der Waals surface area contributed by atoms with Gasteiger partial charge in [0.1, 0.15) is 0 Å². The SMILES string of the molecule is CC.CCC1(C)CCCN(C)C2CNCC21. The summed E-state index contributed by atoms with van der Waals surface area (Å²) in [5.74, 6) is 0.875. The van der Waals surface area contributed by atoms with Crippen molar-refractivity contribution >= 4 is 0 Å². The average Bonchev–Trinajstić information content (AvgIpc) is 2.77. The summed E-state index contributed by atoms with van der Waals surface area (Å²) in [6.07, 6.45) is 4.13. The summed E-state index contributed by atoms with van der Waals surface area (Å²) in [7, 11) is 2.30. The van der Waals surface area contributed by atoms with Crippen molar-refractivity contribution in [3.05, 3.63) is 0 Å². The summed E-state index contributed by atoms with van der Waals surface area (Å²) in [6, 6.07) is 0.794. The lowest BCUT2D eigenvalue weighted by atomic mass is 9.70. The second kappa shape index (κ2) is 6.02. The third kappa shape index (κ3) is 2.60. The van der Waals surface area contributed by atoms with Gasteiger partial charge < -0.3 is 10.2 Å². The lowest BCUT2D eigenvalue weighted by molar-refractivity contribution is 0.130. The van der Waals surface area contributed by atoms with E-state index in [2.05, 4.69) is 31.1 Å². The van der Waals surface area contributed by atoms with E-state index in [1.54, 1.807) is 0 Å². The van der Waals surface area contributed by atoms with Crippen molar-refractivity contribution < 1.29 is 0 Å². The van der Waals surface area contributed by atoms with Crippen molar-refractivity contribution in [2.75, 3.05) is 26.7 Å². The maximum atomic E-state index is 3.57. The number of nitrogens with one attached hydrogen (secondary N) is 1. The Morgan fingerprint density at radius 1 is 1.31 bits per heavy atom. The maximum absolute atomic E-state index is 3.57. The molecule has 2 heterocycles. The Labute approximate surface area is 102 Å². The minimum Gasteiger partial charge on any atom is -0.315 e. The Morgan fingerprint density at radius 2 is 2.00 bits per heavy atom. The summed E-state index contributed by atoms with van der Waals surface area (Å²) in [6.45, 7) is 12.6. The molecular formula is C14H30N2. The molecule has 0 aliphatic carbocycles. The van der Waals surface area contributed by atoms with Crippen molar-refractivity contribution in [2.24, 2.45) is 11.3 Å². The number of likely N-dealkylation sites (tertiary alicyclic amines) is 1. The lowest BCUT2D eigenvalue weighted by Crippen LogP contribution is -2.41. The first-order valence-corrected chi connectivity index (χ1v) is 7.08. The van der Waals surface area contributed by atoms with E-state index < -0.39 is 0 Å². The van der Waals surface area contributed by atoms with Crippen molar-refractivity contribution in [3.8, 4) is 0 Å². The van der Waals surface area contributed by atoms with Crippen molar-refractivity contribution in [1.29, 1.82) is 0 Å². The molecule has 2 heteroatoms. The first kappa shape index (κ1) is 14.0. The predicted octanol–water partition coefficient (Wildman–Crippen LogP) is 2.74. The zero-order chi connectivity index (χ0) is 12.2. The van der Waals surface area contributed by atoms with Gasteiger partial charge in [-0.15, -0.1) is 0 Å². The van der Waals surface area contributed by atoms with Crippen LogP contribution in [0.15, 0.2) is 0 Å². The van der Waals surface area contributed by atoms with Crippen LogP contribution >= 0.6 is 0 Å². The van der Waals surface area contributed by atoms with E-state index in [0.717, 1.165) is 12.0 Å². The van der Waals surface area contributed by atoms with E-state index in [0.29, 0.717) is 5.41 Å². The van der Waals surface area contributed by atoms with Crippen LogP contribution in [0.25, 0.3) is 0 Å². The van der Waals surface area contributed by atoms with Crippen LogP contribution in [0.5, 0.6) is 0 Å². The van der Waals surface area contributed by atoms with Gasteiger partial charge in [-0.3, -0.25) is 0 Å². The molecule has 2 rings (SSSR count). The van der Waals surface area contributed by atoms with Gasteiger partial charge in [0.2, 0.25) is 0 Å². The van der Waals surface area contributed by atoms with E-state index >= 15 is 0 Å². The van der Waals surface area contributed by atoms with Gasteiger partial charge in [0.05, 0.1) is 0 Å². The third-order valence-electron chi connectivity index (χ3n) is 4.71. The zero-order valence-electron chi connectivity index (χ0n) is 11.8. The normalized spacial score (nSPS) is 39.6. The molecule has 0 bridgehead atoms. The smallest absolute Gasteiger partial charge is 0.0263 e. The molecule has 1 N–H and O–H groups in total. The fourth-order valence-corrected chi connectivity index (χ4v) is 3.36.